The Labute approximate surface area is 185 Å². The molecule has 0 spiro atoms. The number of amides is 1. The highest BCUT2D eigenvalue weighted by molar-refractivity contribution is 5.98. The van der Waals surface area contributed by atoms with Crippen molar-refractivity contribution in [3.63, 3.8) is 0 Å². The maximum Gasteiger partial charge on any atom is 0.408 e. The molecule has 32 heavy (non-hydrogen) atoms. The molecule has 10 nitrogen and oxygen atoms in total. The van der Waals surface area contributed by atoms with Gasteiger partial charge in [0.05, 0.1) is 24.0 Å². The molecule has 3 rings (SSSR count). The van der Waals surface area contributed by atoms with Gasteiger partial charge in [-0.05, 0) is 19.1 Å². The van der Waals surface area contributed by atoms with Crippen LogP contribution in [-0.4, -0.2) is 57.2 Å². The molecule has 1 amide bonds. The molecule has 2 heterocycles. The highest BCUT2D eigenvalue weighted by Gasteiger charge is 2.36. The molecule has 0 bridgehead atoms. The van der Waals surface area contributed by atoms with E-state index < -0.39 is 30.8 Å². The summed E-state index contributed by atoms with van der Waals surface area (Å²) in [7, 11) is 3.07. The lowest BCUT2D eigenvalue weighted by atomic mass is 10.1. The van der Waals surface area contributed by atoms with Gasteiger partial charge in [-0.1, -0.05) is 6.07 Å². The third kappa shape index (κ3) is 4.87. The average Bonchev–Trinajstić information content (AvgIpc) is 3.18. The molecule has 2 aromatic heterocycles. The Bertz CT molecular complexity index is 1220. The summed E-state index contributed by atoms with van der Waals surface area (Å²) in [4.78, 5) is 16.7. The number of carbonyl (C=O) groups is 1. The van der Waals surface area contributed by atoms with Crippen molar-refractivity contribution in [2.45, 2.75) is 19.1 Å². The first-order chi connectivity index (χ1) is 16.3. The molecule has 0 aliphatic rings. The predicted octanol–water partition coefficient (Wildman–Crippen LogP) is 2.75. The van der Waals surface area contributed by atoms with Crippen molar-refractivity contribution < 1.29 is 26.8 Å². The van der Waals surface area contributed by atoms with E-state index >= 15 is 0 Å². The maximum absolute atomic E-state index is 13.0. The number of halogens is 3. The number of alkyl halides is 3. The van der Waals surface area contributed by atoms with E-state index in [0.717, 1.165) is 13.0 Å². The molecular formula is C19H21F3N8O2. The number of para-hydroxylation sites is 1. The van der Waals surface area contributed by atoms with Crippen molar-refractivity contribution in [1.29, 1.82) is 0 Å². The van der Waals surface area contributed by atoms with Gasteiger partial charge in [-0.25, -0.2) is 4.98 Å². The molecule has 170 valence electrons. The Balaban J connectivity index is 2.06. The summed E-state index contributed by atoms with van der Waals surface area (Å²) in [5, 5.41) is 18.3. The first kappa shape index (κ1) is 18.8. The quantitative estimate of drug-likeness (QED) is 0.500. The van der Waals surface area contributed by atoms with Crippen molar-refractivity contribution in [3.05, 3.63) is 36.3 Å². The second-order valence-electron chi connectivity index (χ2n) is 6.61. The van der Waals surface area contributed by atoms with Gasteiger partial charge in [0.1, 0.15) is 12.4 Å². The summed E-state index contributed by atoms with van der Waals surface area (Å²) in [6, 6.07) is 4.03. The number of nitrogens with one attached hydrogen (secondary N) is 3. The van der Waals surface area contributed by atoms with Crippen LogP contribution in [0, 0.1) is 0 Å². The number of ether oxygens (including phenoxy) is 1. The lowest BCUT2D eigenvalue weighted by molar-refractivity contribution is -0.138. The van der Waals surface area contributed by atoms with Gasteiger partial charge >= 0.3 is 6.18 Å². The van der Waals surface area contributed by atoms with Gasteiger partial charge < -0.3 is 20.7 Å². The third-order valence-corrected chi connectivity index (χ3v) is 4.31. The lowest BCUT2D eigenvalue weighted by Crippen LogP contribution is -2.33. The van der Waals surface area contributed by atoms with Gasteiger partial charge in [-0.3, -0.25) is 9.48 Å². The number of nitrogens with zero attached hydrogens (tertiary/aromatic N) is 5. The Morgan fingerprint density at radius 1 is 1.28 bits per heavy atom. The van der Waals surface area contributed by atoms with Gasteiger partial charge in [0, 0.05) is 24.2 Å². The fraction of sp³-hybridized carbons (Fsp3) is 0.316. The van der Waals surface area contributed by atoms with E-state index in [1.165, 1.54) is 18.1 Å². The van der Waals surface area contributed by atoms with Crippen molar-refractivity contribution >= 4 is 23.1 Å². The molecule has 1 aromatic carbocycles. The highest BCUT2D eigenvalue weighted by Crippen LogP contribution is 2.37. The van der Waals surface area contributed by atoms with Gasteiger partial charge in [0.15, 0.2) is 23.1 Å². The number of hydrogen-bond donors (Lipinski definition) is 3. The molecule has 0 aliphatic carbocycles. The van der Waals surface area contributed by atoms with E-state index in [-0.39, 0.29) is 22.9 Å². The zero-order valence-corrected chi connectivity index (χ0v) is 17.2. The van der Waals surface area contributed by atoms with E-state index in [9.17, 15) is 18.0 Å². The zero-order valence-electron chi connectivity index (χ0n) is 20.2. The van der Waals surface area contributed by atoms with Crippen LogP contribution in [0.15, 0.2) is 30.6 Å². The van der Waals surface area contributed by atoms with Crippen LogP contribution in [0.25, 0.3) is 11.4 Å². The number of methoxy groups -OCH3 is 1. The minimum absolute atomic E-state index is 0.122. The van der Waals surface area contributed by atoms with Crippen molar-refractivity contribution in [2.75, 3.05) is 24.7 Å². The van der Waals surface area contributed by atoms with Gasteiger partial charge in [0.2, 0.25) is 0 Å². The zero-order chi connectivity index (χ0) is 26.0. The molecule has 13 heteroatoms. The van der Waals surface area contributed by atoms with Gasteiger partial charge in [0.25, 0.3) is 5.91 Å². The number of rotatable bonds is 7. The number of benzene rings is 1. The van der Waals surface area contributed by atoms with E-state index in [1.807, 2.05) is 0 Å². The first-order valence-electron chi connectivity index (χ1n) is 10.6. The van der Waals surface area contributed by atoms with Crippen LogP contribution in [0.1, 0.15) is 21.5 Å². The summed E-state index contributed by atoms with van der Waals surface area (Å²) >= 11 is 0. The predicted molar refractivity (Wildman–Crippen MR) is 111 cm³/mol. The second kappa shape index (κ2) is 9.08. The fourth-order valence-corrected chi connectivity index (χ4v) is 2.73. The van der Waals surface area contributed by atoms with Crippen LogP contribution in [0.5, 0.6) is 5.75 Å². The van der Waals surface area contributed by atoms with Crippen LogP contribution in [0.2, 0.25) is 0 Å². The number of anilines is 3. The van der Waals surface area contributed by atoms with Crippen molar-refractivity contribution in [1.82, 2.24) is 30.3 Å². The molecule has 0 saturated heterocycles. The smallest absolute Gasteiger partial charge is 0.408 e. The molecular weight excluding hydrogens is 429 g/mol. The van der Waals surface area contributed by atoms with Crippen LogP contribution in [0.3, 0.4) is 0 Å². The molecule has 0 radical (unpaired) electrons. The number of aromatic nitrogens is 5. The van der Waals surface area contributed by atoms with E-state index in [4.69, 9.17) is 8.85 Å². The van der Waals surface area contributed by atoms with Crippen LogP contribution in [-0.2, 0) is 7.05 Å². The number of carbonyl (C=O) groups excluding carboxylic acids is 1. The highest BCUT2D eigenvalue weighted by atomic mass is 19.4. The first-order valence-corrected chi connectivity index (χ1v) is 9.12. The van der Waals surface area contributed by atoms with E-state index in [1.54, 1.807) is 30.6 Å². The second-order valence-corrected chi connectivity index (χ2v) is 6.61. The summed E-state index contributed by atoms with van der Waals surface area (Å²) in [5.74, 6) is -0.820. The normalized spacial score (nSPS) is 14.0. The van der Waals surface area contributed by atoms with Crippen LogP contribution in [0.4, 0.5) is 30.4 Å². The number of aryl methyl sites for hydroxylation is 1. The molecule has 3 aromatic rings. The minimum Gasteiger partial charge on any atom is -0.494 e. The Hall–Kier alpha value is -3.90. The topological polar surface area (TPSA) is 119 Å². The summed E-state index contributed by atoms with van der Waals surface area (Å²) in [6.45, 7) is -1.95. The molecule has 0 fully saturated rings. The number of hydrogen-bond acceptors (Lipinski definition) is 8. The van der Waals surface area contributed by atoms with Crippen molar-refractivity contribution in [2.24, 2.45) is 7.05 Å². The van der Waals surface area contributed by atoms with Crippen molar-refractivity contribution in [3.8, 4) is 17.1 Å². The largest absolute Gasteiger partial charge is 0.494 e. The summed E-state index contributed by atoms with van der Waals surface area (Å²) in [6.07, 6.45) is -3.08. The minimum atomic E-state index is -4.57. The van der Waals surface area contributed by atoms with Crippen LogP contribution >= 0.6 is 0 Å². The lowest BCUT2D eigenvalue weighted by Gasteiger charge is -2.19. The molecule has 0 saturated carbocycles. The SMILES string of the molecule is [2H]C([2H])([2H])NC(=O)c1nnc(N[C@H](C)C(F)(F)F)cc1Nc1cccc(-c2ncn(C)n2)c1OC. The monoisotopic (exact) mass is 453 g/mol. The third-order valence-electron chi connectivity index (χ3n) is 4.31. The van der Waals surface area contributed by atoms with E-state index in [0.29, 0.717) is 11.4 Å². The standard InChI is InChI=1S/C19H21F3N8O2/c1-10(19(20,21)22)25-14-8-13(15(28-27-14)18(31)23-2)26-12-7-5-6-11(16(12)32-4)17-24-9-30(3)29-17/h5-10H,1-4H3,(H,23,31)(H2,25,26,27)/t10-/m1/s1/i2D3. The van der Waals surface area contributed by atoms with E-state index in [2.05, 4.69) is 30.9 Å². The Kier molecular flexibility index (Phi) is 5.34. The van der Waals surface area contributed by atoms with Crippen LogP contribution < -0.4 is 20.7 Å². The summed E-state index contributed by atoms with van der Waals surface area (Å²) < 4.78 is 67.7. The molecule has 0 unspecified atom stereocenters. The fourth-order valence-electron chi connectivity index (χ4n) is 2.73. The molecule has 1 atom stereocenters. The van der Waals surface area contributed by atoms with Gasteiger partial charge in [-0.2, -0.15) is 18.3 Å². The molecule has 0 aliphatic heterocycles. The Morgan fingerprint density at radius 2 is 2.06 bits per heavy atom. The summed E-state index contributed by atoms with van der Waals surface area (Å²) in [5.41, 5.74) is 0.179. The molecule has 3 N–H and O–H groups in total. The Morgan fingerprint density at radius 3 is 2.69 bits per heavy atom. The average molecular weight is 453 g/mol. The maximum atomic E-state index is 13.0. The van der Waals surface area contributed by atoms with Gasteiger partial charge in [-0.15, -0.1) is 10.2 Å².